The predicted molar refractivity (Wildman–Crippen MR) is 127 cm³/mol. The number of ether oxygens (including phenoxy) is 1. The molecule has 1 aromatic carbocycles. The fraction of sp³-hybridized carbons (Fsp3) is 0.308. The Balaban J connectivity index is 1.60. The van der Waals surface area contributed by atoms with E-state index in [2.05, 4.69) is 46.5 Å². The molecule has 7 nitrogen and oxygen atoms in total. The highest BCUT2D eigenvalue weighted by Gasteiger charge is 2.27. The van der Waals surface area contributed by atoms with E-state index in [1.54, 1.807) is 6.20 Å². The first kappa shape index (κ1) is 19.9. The lowest BCUT2D eigenvalue weighted by Crippen LogP contribution is -2.10. The maximum Gasteiger partial charge on any atom is 0.166 e. The topological polar surface area (TPSA) is 91.7 Å². The molecular formula is C26H26N6O. The number of pyridine rings is 2. The molecule has 1 atom stereocenters. The molecule has 0 amide bonds. The van der Waals surface area contributed by atoms with Gasteiger partial charge in [-0.3, -0.25) is 4.98 Å². The van der Waals surface area contributed by atoms with Crippen LogP contribution < -0.4 is 10.5 Å². The molecule has 0 spiro atoms. The number of aromatic nitrogens is 5. The number of aryl methyl sites for hydroxylation is 1. The SMILES string of the molecule is Cc1ccc2c(c1)[C@@H](C)Oc1cc(cnc1N)-c1c(nnn1CC1CC1)Cc1cccnc1-2. The number of nitrogen functional groups attached to an aromatic ring is 1. The van der Waals surface area contributed by atoms with Gasteiger partial charge in [0.25, 0.3) is 0 Å². The zero-order valence-corrected chi connectivity index (χ0v) is 18.8. The molecule has 7 heteroatoms. The largest absolute Gasteiger partial charge is 0.482 e. The minimum Gasteiger partial charge on any atom is -0.482 e. The molecule has 166 valence electrons. The van der Waals surface area contributed by atoms with Crippen molar-refractivity contribution in [3.63, 3.8) is 0 Å². The summed E-state index contributed by atoms with van der Waals surface area (Å²) in [6, 6.07) is 12.5. The first-order valence-electron chi connectivity index (χ1n) is 11.5. The number of benzene rings is 1. The summed E-state index contributed by atoms with van der Waals surface area (Å²) < 4.78 is 8.43. The molecule has 2 aliphatic rings. The van der Waals surface area contributed by atoms with Crippen LogP contribution in [0.15, 0.2) is 48.8 Å². The lowest BCUT2D eigenvalue weighted by Gasteiger charge is -2.22. The number of hydrogen-bond donors (Lipinski definition) is 1. The van der Waals surface area contributed by atoms with Crippen molar-refractivity contribution in [3.05, 3.63) is 71.2 Å². The summed E-state index contributed by atoms with van der Waals surface area (Å²) in [7, 11) is 0. The molecule has 2 N–H and O–H groups in total. The van der Waals surface area contributed by atoms with Gasteiger partial charge < -0.3 is 10.5 Å². The van der Waals surface area contributed by atoms with Crippen LogP contribution in [0.3, 0.4) is 0 Å². The van der Waals surface area contributed by atoms with E-state index in [0.717, 1.165) is 45.9 Å². The van der Waals surface area contributed by atoms with Crippen LogP contribution in [0.2, 0.25) is 0 Å². The van der Waals surface area contributed by atoms with Gasteiger partial charge in [0.05, 0.1) is 17.1 Å². The van der Waals surface area contributed by atoms with Crippen molar-refractivity contribution in [3.8, 4) is 28.3 Å². The average molecular weight is 439 g/mol. The van der Waals surface area contributed by atoms with Crippen molar-refractivity contribution in [2.45, 2.75) is 45.8 Å². The minimum absolute atomic E-state index is 0.234. The second kappa shape index (κ2) is 7.69. The number of anilines is 1. The standard InChI is InChI=1S/C26H26N6O/c1-15-5-8-20-21(10-15)16(2)33-23-12-19(13-29-26(23)27)25-22(11-18-4-3-9-28-24(18)20)30-31-32(25)14-17-6-7-17/h3-5,8-10,12-13,16-17H,6-7,11,14H2,1-2H3,(H2,27,29)/t16-/m1/s1. The Morgan fingerprint density at radius 2 is 2.03 bits per heavy atom. The van der Waals surface area contributed by atoms with Crippen LogP contribution in [0, 0.1) is 12.8 Å². The minimum atomic E-state index is -0.234. The van der Waals surface area contributed by atoms with Gasteiger partial charge in [0, 0.05) is 42.0 Å². The molecule has 6 rings (SSSR count). The molecular weight excluding hydrogens is 412 g/mol. The summed E-state index contributed by atoms with van der Waals surface area (Å²) in [5.41, 5.74) is 14.4. The van der Waals surface area contributed by atoms with E-state index >= 15 is 0 Å². The molecule has 3 aromatic heterocycles. The molecule has 4 aromatic rings. The van der Waals surface area contributed by atoms with Crippen LogP contribution >= 0.6 is 0 Å². The molecule has 1 aliphatic heterocycles. The summed E-state index contributed by atoms with van der Waals surface area (Å²) in [5.74, 6) is 1.61. The van der Waals surface area contributed by atoms with E-state index in [1.807, 2.05) is 29.9 Å². The summed E-state index contributed by atoms with van der Waals surface area (Å²) >= 11 is 0. The van der Waals surface area contributed by atoms with Gasteiger partial charge in [0.15, 0.2) is 11.6 Å². The highest BCUT2D eigenvalue weighted by molar-refractivity contribution is 5.71. The normalized spacial score (nSPS) is 17.1. The average Bonchev–Trinajstić information content (AvgIpc) is 3.54. The van der Waals surface area contributed by atoms with Crippen molar-refractivity contribution in [1.29, 1.82) is 0 Å². The van der Waals surface area contributed by atoms with Gasteiger partial charge in [-0.2, -0.15) is 0 Å². The van der Waals surface area contributed by atoms with Crippen molar-refractivity contribution in [1.82, 2.24) is 25.0 Å². The maximum atomic E-state index is 6.41. The smallest absolute Gasteiger partial charge is 0.166 e. The first-order valence-corrected chi connectivity index (χ1v) is 11.5. The summed E-state index contributed by atoms with van der Waals surface area (Å²) in [5, 5.41) is 9.15. The molecule has 4 heterocycles. The molecule has 2 bridgehead atoms. The quantitative estimate of drug-likeness (QED) is 0.486. The van der Waals surface area contributed by atoms with Crippen LogP contribution in [0.4, 0.5) is 5.82 Å². The second-order valence-corrected chi connectivity index (χ2v) is 9.16. The Morgan fingerprint density at radius 3 is 2.88 bits per heavy atom. The molecule has 1 saturated carbocycles. The number of rotatable bonds is 2. The highest BCUT2D eigenvalue weighted by Crippen LogP contribution is 2.39. The molecule has 0 radical (unpaired) electrons. The summed E-state index contributed by atoms with van der Waals surface area (Å²) in [6.45, 7) is 4.99. The zero-order valence-electron chi connectivity index (χ0n) is 18.8. The van der Waals surface area contributed by atoms with E-state index in [0.29, 0.717) is 23.9 Å². The Kier molecular flexibility index (Phi) is 4.64. The van der Waals surface area contributed by atoms with Gasteiger partial charge in [-0.25, -0.2) is 9.67 Å². The van der Waals surface area contributed by atoms with Gasteiger partial charge in [-0.1, -0.05) is 35.0 Å². The summed E-state index contributed by atoms with van der Waals surface area (Å²) in [6.07, 6.45) is 6.52. The molecule has 0 unspecified atom stereocenters. The number of fused-ring (bicyclic) bond motifs is 7. The molecule has 1 fully saturated rings. The number of nitrogens with zero attached hydrogens (tertiary/aromatic N) is 5. The fourth-order valence-corrected chi connectivity index (χ4v) is 4.63. The van der Waals surface area contributed by atoms with Gasteiger partial charge in [0.1, 0.15) is 6.10 Å². The van der Waals surface area contributed by atoms with Gasteiger partial charge in [-0.15, -0.1) is 5.10 Å². The van der Waals surface area contributed by atoms with Crippen LogP contribution in [0.1, 0.15) is 48.3 Å². The predicted octanol–water partition coefficient (Wildman–Crippen LogP) is 4.75. The zero-order chi connectivity index (χ0) is 22.5. The lowest BCUT2D eigenvalue weighted by atomic mass is 9.93. The van der Waals surface area contributed by atoms with Crippen LogP contribution in [-0.4, -0.2) is 25.0 Å². The maximum absolute atomic E-state index is 6.41. The monoisotopic (exact) mass is 438 g/mol. The Hall–Kier alpha value is -3.74. The highest BCUT2D eigenvalue weighted by atomic mass is 16.5. The van der Waals surface area contributed by atoms with E-state index < -0.39 is 0 Å². The Bertz CT molecular complexity index is 1360. The van der Waals surface area contributed by atoms with Gasteiger partial charge in [0.2, 0.25) is 0 Å². The van der Waals surface area contributed by atoms with E-state index in [1.165, 1.54) is 18.4 Å². The molecule has 0 saturated heterocycles. The van der Waals surface area contributed by atoms with Crippen molar-refractivity contribution < 1.29 is 4.74 Å². The number of nitrogens with two attached hydrogens (primary N) is 1. The van der Waals surface area contributed by atoms with Crippen LogP contribution in [-0.2, 0) is 13.0 Å². The van der Waals surface area contributed by atoms with Gasteiger partial charge >= 0.3 is 0 Å². The van der Waals surface area contributed by atoms with Crippen LogP contribution in [0.5, 0.6) is 5.75 Å². The van der Waals surface area contributed by atoms with Gasteiger partial charge in [-0.05, 0) is 50.3 Å². The number of hydrogen-bond acceptors (Lipinski definition) is 6. The third-order valence-electron chi connectivity index (χ3n) is 6.54. The third kappa shape index (κ3) is 3.63. The lowest BCUT2D eigenvalue weighted by molar-refractivity contribution is 0.228. The Morgan fingerprint density at radius 1 is 1.15 bits per heavy atom. The Labute approximate surface area is 192 Å². The van der Waals surface area contributed by atoms with Crippen molar-refractivity contribution >= 4 is 5.82 Å². The first-order chi connectivity index (χ1) is 16.1. The van der Waals surface area contributed by atoms with Crippen LogP contribution in [0.25, 0.3) is 22.5 Å². The van der Waals surface area contributed by atoms with Crippen molar-refractivity contribution in [2.75, 3.05) is 5.73 Å². The van der Waals surface area contributed by atoms with E-state index in [9.17, 15) is 0 Å². The molecule has 1 aliphatic carbocycles. The molecule has 33 heavy (non-hydrogen) atoms. The van der Waals surface area contributed by atoms with E-state index in [-0.39, 0.29) is 6.10 Å². The fourth-order valence-electron chi connectivity index (χ4n) is 4.63. The van der Waals surface area contributed by atoms with E-state index in [4.69, 9.17) is 15.5 Å². The van der Waals surface area contributed by atoms with Crippen molar-refractivity contribution in [2.24, 2.45) is 5.92 Å². The third-order valence-corrected chi connectivity index (χ3v) is 6.54. The summed E-state index contributed by atoms with van der Waals surface area (Å²) in [4.78, 5) is 9.26. The second-order valence-electron chi connectivity index (χ2n) is 9.16.